The fraction of sp³-hybridized carbons (Fsp3) is 0.150. The molecule has 1 N–H and O–H groups in total. The molecule has 132 valence electrons. The smallest absolute Gasteiger partial charge is 0.174 e. The van der Waals surface area contributed by atoms with E-state index in [1.165, 1.54) is 11.3 Å². The van der Waals surface area contributed by atoms with Crippen LogP contribution in [0, 0.1) is 0 Å². The van der Waals surface area contributed by atoms with Crippen molar-refractivity contribution in [3.05, 3.63) is 87.6 Å². The molecule has 0 bridgehead atoms. The summed E-state index contributed by atoms with van der Waals surface area (Å²) in [5.41, 5.74) is 3.38. The molecule has 4 rings (SSSR count). The maximum Gasteiger partial charge on any atom is 0.174 e. The molecule has 3 aromatic rings. The van der Waals surface area contributed by atoms with Crippen LogP contribution in [-0.2, 0) is 6.54 Å². The van der Waals surface area contributed by atoms with Gasteiger partial charge in [0.25, 0.3) is 0 Å². The highest BCUT2D eigenvalue weighted by Gasteiger charge is 2.30. The predicted octanol–water partition coefficient (Wildman–Crippen LogP) is 5.71. The van der Waals surface area contributed by atoms with Gasteiger partial charge in [0.15, 0.2) is 5.11 Å². The third kappa shape index (κ3) is 3.52. The molecule has 0 saturated heterocycles. The summed E-state index contributed by atoms with van der Waals surface area (Å²) in [4.78, 5) is 2.24. The van der Waals surface area contributed by atoms with Crippen LogP contribution in [0.5, 0.6) is 0 Å². The van der Waals surface area contributed by atoms with E-state index in [0.717, 1.165) is 33.4 Å². The van der Waals surface area contributed by atoms with Crippen molar-refractivity contribution in [3.8, 4) is 0 Å². The summed E-state index contributed by atoms with van der Waals surface area (Å²) in [7, 11) is 0. The van der Waals surface area contributed by atoms with Crippen molar-refractivity contribution in [1.82, 2.24) is 9.47 Å². The second kappa shape index (κ2) is 7.43. The first-order valence-corrected chi connectivity index (χ1v) is 9.93. The van der Waals surface area contributed by atoms with E-state index in [1.807, 2.05) is 36.4 Å². The standard InChI is InChI=1S/C20H17BrClN3S/c21-15-3-1-4-17(13-15)23-20(26)25-12-11-24-10-2-5-18(24)19(25)14-6-8-16(22)9-7-14/h1-10,13,19H,11-12H2,(H,23,26). The number of hydrogen-bond acceptors (Lipinski definition) is 1. The molecule has 0 aliphatic carbocycles. The molecule has 3 nitrogen and oxygen atoms in total. The van der Waals surface area contributed by atoms with Gasteiger partial charge in [-0.25, -0.2) is 0 Å². The number of thiocarbonyl (C=S) groups is 1. The Kier molecular flexibility index (Phi) is 5.02. The van der Waals surface area contributed by atoms with E-state index in [9.17, 15) is 0 Å². The minimum atomic E-state index is 0.0585. The summed E-state index contributed by atoms with van der Waals surface area (Å²) in [5, 5.41) is 4.83. The zero-order chi connectivity index (χ0) is 18.1. The summed E-state index contributed by atoms with van der Waals surface area (Å²) in [5.74, 6) is 0. The highest BCUT2D eigenvalue weighted by atomic mass is 79.9. The lowest BCUT2D eigenvalue weighted by molar-refractivity contribution is 0.293. The lowest BCUT2D eigenvalue weighted by Crippen LogP contribution is -2.44. The number of hydrogen-bond donors (Lipinski definition) is 1. The molecule has 0 spiro atoms. The number of nitrogens with zero attached hydrogens (tertiary/aromatic N) is 2. The minimum absolute atomic E-state index is 0.0585. The lowest BCUT2D eigenvalue weighted by atomic mass is 10.0. The lowest BCUT2D eigenvalue weighted by Gasteiger charge is -2.39. The van der Waals surface area contributed by atoms with E-state index >= 15 is 0 Å². The van der Waals surface area contributed by atoms with Gasteiger partial charge in [0.1, 0.15) is 0 Å². The van der Waals surface area contributed by atoms with Crippen molar-refractivity contribution in [3.63, 3.8) is 0 Å². The summed E-state index contributed by atoms with van der Waals surface area (Å²) in [6, 6.07) is 20.4. The molecule has 2 aromatic carbocycles. The highest BCUT2D eigenvalue weighted by Crippen LogP contribution is 2.33. The molecule has 1 aliphatic heterocycles. The van der Waals surface area contributed by atoms with Crippen LogP contribution in [-0.4, -0.2) is 21.1 Å². The molecule has 26 heavy (non-hydrogen) atoms. The summed E-state index contributed by atoms with van der Waals surface area (Å²) < 4.78 is 3.31. The van der Waals surface area contributed by atoms with Crippen molar-refractivity contribution >= 4 is 50.5 Å². The number of anilines is 1. The van der Waals surface area contributed by atoms with Gasteiger partial charge in [-0.1, -0.05) is 45.7 Å². The Labute approximate surface area is 171 Å². The first-order chi connectivity index (χ1) is 12.6. The van der Waals surface area contributed by atoms with Gasteiger partial charge < -0.3 is 14.8 Å². The van der Waals surface area contributed by atoms with Gasteiger partial charge in [-0.3, -0.25) is 0 Å². The van der Waals surface area contributed by atoms with Crippen LogP contribution in [0.2, 0.25) is 5.02 Å². The Morgan fingerprint density at radius 1 is 1.08 bits per heavy atom. The van der Waals surface area contributed by atoms with Gasteiger partial charge in [0.05, 0.1) is 6.04 Å². The van der Waals surface area contributed by atoms with Crippen molar-refractivity contribution in [2.75, 3.05) is 11.9 Å². The van der Waals surface area contributed by atoms with Crippen molar-refractivity contribution in [2.45, 2.75) is 12.6 Å². The fourth-order valence-corrected chi connectivity index (χ4v) is 4.20. The molecule has 1 unspecified atom stereocenters. The topological polar surface area (TPSA) is 20.2 Å². The number of benzene rings is 2. The Bertz CT molecular complexity index is 938. The second-order valence-electron chi connectivity index (χ2n) is 6.21. The quantitative estimate of drug-likeness (QED) is 0.509. The number of rotatable bonds is 2. The fourth-order valence-electron chi connectivity index (χ4n) is 3.36. The molecule has 0 amide bonds. The van der Waals surface area contributed by atoms with Crippen LogP contribution in [0.3, 0.4) is 0 Å². The van der Waals surface area contributed by atoms with Gasteiger partial charge in [-0.05, 0) is 60.2 Å². The van der Waals surface area contributed by atoms with Crippen LogP contribution in [0.4, 0.5) is 5.69 Å². The Hall–Kier alpha value is -1.82. The first-order valence-electron chi connectivity index (χ1n) is 8.35. The first kappa shape index (κ1) is 17.6. The normalized spacial score (nSPS) is 16.2. The Morgan fingerprint density at radius 2 is 1.88 bits per heavy atom. The van der Waals surface area contributed by atoms with E-state index in [1.54, 1.807) is 0 Å². The van der Waals surface area contributed by atoms with E-state index in [4.69, 9.17) is 23.8 Å². The van der Waals surface area contributed by atoms with Gasteiger partial charge in [0.2, 0.25) is 0 Å². The monoisotopic (exact) mass is 445 g/mol. The molecule has 1 aliphatic rings. The van der Waals surface area contributed by atoms with Crippen molar-refractivity contribution < 1.29 is 0 Å². The van der Waals surface area contributed by atoms with Gasteiger partial charge in [0, 0.05) is 40.2 Å². The number of fused-ring (bicyclic) bond motifs is 1. The molecule has 1 aromatic heterocycles. The molecule has 0 fully saturated rings. The van der Waals surface area contributed by atoms with Crippen LogP contribution in [0.1, 0.15) is 17.3 Å². The Morgan fingerprint density at radius 3 is 2.65 bits per heavy atom. The average molecular weight is 447 g/mol. The molecule has 6 heteroatoms. The summed E-state index contributed by atoms with van der Waals surface area (Å²) in [6.07, 6.45) is 2.13. The molecule has 0 saturated carbocycles. The van der Waals surface area contributed by atoms with Crippen LogP contribution >= 0.6 is 39.7 Å². The van der Waals surface area contributed by atoms with Gasteiger partial charge in [-0.15, -0.1) is 0 Å². The Balaban J connectivity index is 1.67. The third-order valence-corrected chi connectivity index (χ3v) is 5.64. The van der Waals surface area contributed by atoms with E-state index in [2.05, 4.69) is 61.2 Å². The molecular formula is C20H17BrClN3S. The van der Waals surface area contributed by atoms with Crippen molar-refractivity contribution in [2.24, 2.45) is 0 Å². The van der Waals surface area contributed by atoms with E-state index in [0.29, 0.717) is 0 Å². The zero-order valence-electron chi connectivity index (χ0n) is 13.9. The maximum atomic E-state index is 6.09. The second-order valence-corrected chi connectivity index (χ2v) is 7.95. The van der Waals surface area contributed by atoms with Crippen LogP contribution in [0.15, 0.2) is 71.3 Å². The maximum absolute atomic E-state index is 6.09. The van der Waals surface area contributed by atoms with Crippen molar-refractivity contribution in [1.29, 1.82) is 0 Å². The SMILES string of the molecule is S=C(Nc1cccc(Br)c1)N1CCn2cccc2C1c1ccc(Cl)cc1. The number of nitrogens with one attached hydrogen (secondary N) is 1. The molecule has 1 atom stereocenters. The van der Waals surface area contributed by atoms with Gasteiger partial charge in [-0.2, -0.15) is 0 Å². The highest BCUT2D eigenvalue weighted by molar-refractivity contribution is 9.10. The van der Waals surface area contributed by atoms with Gasteiger partial charge >= 0.3 is 0 Å². The minimum Gasteiger partial charge on any atom is -0.348 e. The average Bonchev–Trinajstić information content (AvgIpc) is 3.10. The summed E-state index contributed by atoms with van der Waals surface area (Å²) in [6.45, 7) is 1.75. The van der Waals surface area contributed by atoms with Crippen LogP contribution < -0.4 is 5.32 Å². The summed E-state index contributed by atoms with van der Waals surface area (Å²) >= 11 is 15.4. The molecular weight excluding hydrogens is 430 g/mol. The zero-order valence-corrected chi connectivity index (χ0v) is 17.1. The third-order valence-electron chi connectivity index (χ3n) is 4.56. The molecule has 2 heterocycles. The van der Waals surface area contributed by atoms with E-state index < -0.39 is 0 Å². The predicted molar refractivity (Wildman–Crippen MR) is 115 cm³/mol. The van der Waals surface area contributed by atoms with Crippen LogP contribution in [0.25, 0.3) is 0 Å². The number of halogens is 2. The number of aromatic nitrogens is 1. The van der Waals surface area contributed by atoms with E-state index in [-0.39, 0.29) is 6.04 Å². The largest absolute Gasteiger partial charge is 0.348 e. The molecule has 0 radical (unpaired) electrons.